The third-order valence-electron chi connectivity index (χ3n) is 1.70. The molecule has 0 fully saturated rings. The molecule has 0 spiro atoms. The van der Waals surface area contributed by atoms with Gasteiger partial charge in [0.2, 0.25) is 0 Å². The topological polar surface area (TPSA) is 75.8 Å². The number of nitrogens with two attached hydrogens (primary N) is 2. The highest BCUT2D eigenvalue weighted by Crippen LogP contribution is 2.10. The van der Waals surface area contributed by atoms with Crippen molar-refractivity contribution in [1.29, 1.82) is 5.26 Å². The Hall–Kier alpha value is -1.37. The van der Waals surface area contributed by atoms with Crippen LogP contribution in [0.1, 0.15) is 17.2 Å². The van der Waals surface area contributed by atoms with E-state index < -0.39 is 0 Å². The van der Waals surface area contributed by atoms with Crippen LogP contribution in [0.2, 0.25) is 0 Å². The third-order valence-corrected chi connectivity index (χ3v) is 1.70. The van der Waals surface area contributed by atoms with E-state index >= 15 is 0 Å². The van der Waals surface area contributed by atoms with E-state index in [0.717, 1.165) is 5.56 Å². The number of hydrogen-bond acceptors (Lipinski definition) is 3. The summed E-state index contributed by atoms with van der Waals surface area (Å²) in [7, 11) is 0. The second kappa shape index (κ2) is 3.86. The fraction of sp³-hybridized carbons (Fsp3) is 0.222. The largest absolute Gasteiger partial charge is 0.329 e. The van der Waals surface area contributed by atoms with Crippen LogP contribution in [0.3, 0.4) is 0 Å². The van der Waals surface area contributed by atoms with Gasteiger partial charge in [0.1, 0.15) is 0 Å². The Kier molecular flexibility index (Phi) is 2.81. The minimum Gasteiger partial charge on any atom is -0.329 e. The predicted molar refractivity (Wildman–Crippen MR) is 47.1 cm³/mol. The second-order valence-corrected chi connectivity index (χ2v) is 2.58. The molecule has 1 unspecified atom stereocenters. The van der Waals surface area contributed by atoms with Gasteiger partial charge in [-0.05, 0) is 17.7 Å². The van der Waals surface area contributed by atoms with Crippen LogP contribution in [-0.4, -0.2) is 6.54 Å². The molecule has 0 saturated carbocycles. The van der Waals surface area contributed by atoms with Crippen LogP contribution in [0, 0.1) is 11.3 Å². The van der Waals surface area contributed by atoms with Crippen molar-refractivity contribution in [2.24, 2.45) is 11.5 Å². The number of rotatable bonds is 2. The van der Waals surface area contributed by atoms with E-state index in [2.05, 4.69) is 0 Å². The van der Waals surface area contributed by atoms with Gasteiger partial charge < -0.3 is 11.5 Å². The molecule has 1 aromatic carbocycles. The van der Waals surface area contributed by atoms with Crippen molar-refractivity contribution in [3.05, 3.63) is 35.4 Å². The Morgan fingerprint density at radius 2 is 2.25 bits per heavy atom. The van der Waals surface area contributed by atoms with E-state index in [1.54, 1.807) is 12.1 Å². The maximum absolute atomic E-state index is 8.59. The minimum absolute atomic E-state index is 0.168. The Labute approximate surface area is 71.6 Å². The lowest BCUT2D eigenvalue weighted by Crippen LogP contribution is -2.20. The van der Waals surface area contributed by atoms with Crippen LogP contribution in [0.15, 0.2) is 24.3 Å². The molecule has 0 heterocycles. The van der Waals surface area contributed by atoms with E-state index in [1.807, 2.05) is 18.2 Å². The van der Waals surface area contributed by atoms with Crippen LogP contribution < -0.4 is 11.5 Å². The maximum atomic E-state index is 8.59. The molecule has 3 nitrogen and oxygen atoms in total. The molecule has 0 aliphatic carbocycles. The smallest absolute Gasteiger partial charge is 0.0991 e. The van der Waals surface area contributed by atoms with Crippen molar-refractivity contribution in [1.82, 2.24) is 0 Å². The zero-order chi connectivity index (χ0) is 8.97. The lowest BCUT2D eigenvalue weighted by atomic mass is 10.1. The summed E-state index contributed by atoms with van der Waals surface area (Å²) in [6, 6.07) is 9.07. The van der Waals surface area contributed by atoms with Gasteiger partial charge in [-0.25, -0.2) is 0 Å². The average molecular weight is 161 g/mol. The van der Waals surface area contributed by atoms with Gasteiger partial charge in [0, 0.05) is 12.6 Å². The van der Waals surface area contributed by atoms with Crippen molar-refractivity contribution >= 4 is 0 Å². The average Bonchev–Trinajstić information content (AvgIpc) is 2.17. The molecule has 3 heteroatoms. The molecule has 4 N–H and O–H groups in total. The Morgan fingerprint density at radius 1 is 1.50 bits per heavy atom. The number of benzene rings is 1. The summed E-state index contributed by atoms with van der Waals surface area (Å²) < 4.78 is 0. The quantitative estimate of drug-likeness (QED) is 0.663. The number of nitrogens with zero attached hydrogens (tertiary/aromatic N) is 1. The summed E-state index contributed by atoms with van der Waals surface area (Å²) in [6.07, 6.45) is 0. The summed E-state index contributed by atoms with van der Waals surface area (Å²) in [5, 5.41) is 8.59. The summed E-state index contributed by atoms with van der Waals surface area (Å²) in [4.78, 5) is 0. The maximum Gasteiger partial charge on any atom is 0.0991 e. The molecule has 1 aromatic rings. The van der Waals surface area contributed by atoms with Crippen molar-refractivity contribution in [2.45, 2.75) is 6.04 Å². The van der Waals surface area contributed by atoms with Crippen LogP contribution >= 0.6 is 0 Å². The zero-order valence-electron chi connectivity index (χ0n) is 6.70. The Balaban J connectivity index is 2.95. The van der Waals surface area contributed by atoms with E-state index in [4.69, 9.17) is 16.7 Å². The summed E-state index contributed by atoms with van der Waals surface area (Å²) in [5.41, 5.74) is 12.6. The van der Waals surface area contributed by atoms with Gasteiger partial charge in [0.05, 0.1) is 11.6 Å². The van der Waals surface area contributed by atoms with E-state index in [9.17, 15) is 0 Å². The highest BCUT2D eigenvalue weighted by atomic mass is 14.7. The number of nitriles is 1. The predicted octanol–water partition coefficient (Wildman–Crippen LogP) is 0.517. The molecule has 1 atom stereocenters. The molecule has 12 heavy (non-hydrogen) atoms. The van der Waals surface area contributed by atoms with Gasteiger partial charge >= 0.3 is 0 Å². The van der Waals surface area contributed by atoms with Gasteiger partial charge in [-0.1, -0.05) is 12.1 Å². The van der Waals surface area contributed by atoms with Gasteiger partial charge in [0.15, 0.2) is 0 Å². The van der Waals surface area contributed by atoms with Gasteiger partial charge in [0.25, 0.3) is 0 Å². The molecule has 0 amide bonds. The highest BCUT2D eigenvalue weighted by molar-refractivity contribution is 5.34. The Morgan fingerprint density at radius 3 is 2.83 bits per heavy atom. The zero-order valence-corrected chi connectivity index (χ0v) is 6.70. The van der Waals surface area contributed by atoms with E-state index in [0.29, 0.717) is 12.1 Å². The first-order valence-electron chi connectivity index (χ1n) is 3.73. The van der Waals surface area contributed by atoms with E-state index in [-0.39, 0.29) is 6.04 Å². The molecule has 62 valence electrons. The van der Waals surface area contributed by atoms with Crippen molar-refractivity contribution in [3.63, 3.8) is 0 Å². The SMILES string of the molecule is N#Cc1cccc(C(N)CN)c1. The minimum atomic E-state index is -0.168. The first-order chi connectivity index (χ1) is 5.77. The monoisotopic (exact) mass is 161 g/mol. The van der Waals surface area contributed by atoms with Crippen LogP contribution in [0.25, 0.3) is 0 Å². The number of hydrogen-bond donors (Lipinski definition) is 2. The van der Waals surface area contributed by atoms with Crippen molar-refractivity contribution < 1.29 is 0 Å². The van der Waals surface area contributed by atoms with Gasteiger partial charge in [-0.3, -0.25) is 0 Å². The normalized spacial score (nSPS) is 12.1. The molecule has 0 aromatic heterocycles. The second-order valence-electron chi connectivity index (χ2n) is 2.58. The molecule has 0 aliphatic heterocycles. The van der Waals surface area contributed by atoms with Crippen LogP contribution in [0.4, 0.5) is 0 Å². The Bertz CT molecular complexity index is 301. The first-order valence-corrected chi connectivity index (χ1v) is 3.73. The van der Waals surface area contributed by atoms with E-state index in [1.165, 1.54) is 0 Å². The fourth-order valence-electron chi connectivity index (χ4n) is 0.975. The fourth-order valence-corrected chi connectivity index (χ4v) is 0.975. The molecule has 1 rings (SSSR count). The molecule has 0 bridgehead atoms. The molecule has 0 aliphatic rings. The lowest BCUT2D eigenvalue weighted by Gasteiger charge is -2.08. The van der Waals surface area contributed by atoms with Gasteiger partial charge in [-0.15, -0.1) is 0 Å². The molecule has 0 saturated heterocycles. The van der Waals surface area contributed by atoms with Gasteiger partial charge in [-0.2, -0.15) is 5.26 Å². The first kappa shape index (κ1) is 8.72. The van der Waals surface area contributed by atoms with Crippen LogP contribution in [0.5, 0.6) is 0 Å². The standard InChI is InChI=1S/C9H11N3/c10-5-7-2-1-3-8(4-7)9(12)6-11/h1-4,9H,6,11-12H2. The molecule has 0 radical (unpaired) electrons. The van der Waals surface area contributed by atoms with Crippen molar-refractivity contribution in [3.8, 4) is 6.07 Å². The molecular formula is C9H11N3. The highest BCUT2D eigenvalue weighted by Gasteiger charge is 2.02. The summed E-state index contributed by atoms with van der Waals surface area (Å²) in [5.74, 6) is 0. The van der Waals surface area contributed by atoms with Crippen molar-refractivity contribution in [2.75, 3.05) is 6.54 Å². The third kappa shape index (κ3) is 1.82. The van der Waals surface area contributed by atoms with Crippen LogP contribution in [-0.2, 0) is 0 Å². The molecular weight excluding hydrogens is 150 g/mol. The summed E-state index contributed by atoms with van der Waals surface area (Å²) in [6.45, 7) is 0.398. The lowest BCUT2D eigenvalue weighted by molar-refractivity contribution is 0.737. The summed E-state index contributed by atoms with van der Waals surface area (Å²) >= 11 is 0.